The predicted molar refractivity (Wildman–Crippen MR) is 97.3 cm³/mol. The highest BCUT2D eigenvalue weighted by molar-refractivity contribution is 5.99. The third-order valence-electron chi connectivity index (χ3n) is 4.94. The van der Waals surface area contributed by atoms with Gasteiger partial charge in [0.25, 0.3) is 5.91 Å². The van der Waals surface area contributed by atoms with E-state index in [0.29, 0.717) is 12.2 Å². The number of carbonyl (C=O) groups is 1. The van der Waals surface area contributed by atoms with Crippen molar-refractivity contribution in [3.8, 4) is 5.75 Å². The number of amides is 1. The molecule has 128 valence electrons. The second kappa shape index (κ2) is 7.11. The van der Waals surface area contributed by atoms with Gasteiger partial charge in [0, 0.05) is 17.5 Å². The number of rotatable bonds is 4. The Morgan fingerprint density at radius 1 is 1.12 bits per heavy atom. The molecule has 0 bridgehead atoms. The van der Waals surface area contributed by atoms with Gasteiger partial charge in [0.1, 0.15) is 18.9 Å². The monoisotopic (exact) mass is 335 g/mol. The first kappa shape index (κ1) is 15.9. The van der Waals surface area contributed by atoms with E-state index in [4.69, 9.17) is 4.74 Å². The zero-order valence-electron chi connectivity index (χ0n) is 14.2. The SMILES string of the molecule is O=C(N[C@H]1CC[NH+](Cc2ccccc2)C1)C1=Cc2ccccc2OC1. The number of hydrogen-bond donors (Lipinski definition) is 2. The Morgan fingerprint density at radius 3 is 2.80 bits per heavy atom. The van der Waals surface area contributed by atoms with E-state index in [9.17, 15) is 4.79 Å². The number of benzene rings is 2. The molecule has 2 atom stereocenters. The van der Waals surface area contributed by atoms with Gasteiger partial charge in [-0.25, -0.2) is 0 Å². The molecule has 0 aromatic heterocycles. The van der Waals surface area contributed by atoms with Gasteiger partial charge in [-0.3, -0.25) is 4.79 Å². The number of para-hydroxylation sites is 1. The molecule has 25 heavy (non-hydrogen) atoms. The lowest BCUT2D eigenvalue weighted by molar-refractivity contribution is -0.901. The first-order valence-corrected chi connectivity index (χ1v) is 8.89. The Kier molecular flexibility index (Phi) is 4.53. The summed E-state index contributed by atoms with van der Waals surface area (Å²) in [5.74, 6) is 0.846. The van der Waals surface area contributed by atoms with Gasteiger partial charge in [0.2, 0.25) is 0 Å². The molecular weight excluding hydrogens is 312 g/mol. The topological polar surface area (TPSA) is 42.8 Å². The molecule has 1 fully saturated rings. The van der Waals surface area contributed by atoms with Crippen molar-refractivity contribution in [2.24, 2.45) is 0 Å². The first-order chi connectivity index (χ1) is 12.3. The minimum Gasteiger partial charge on any atom is -0.488 e. The van der Waals surface area contributed by atoms with Crippen molar-refractivity contribution in [1.82, 2.24) is 5.32 Å². The van der Waals surface area contributed by atoms with Crippen molar-refractivity contribution in [1.29, 1.82) is 0 Å². The van der Waals surface area contributed by atoms with Gasteiger partial charge in [-0.2, -0.15) is 0 Å². The van der Waals surface area contributed by atoms with Gasteiger partial charge in [0.15, 0.2) is 0 Å². The number of carbonyl (C=O) groups excluding carboxylic acids is 1. The normalized spacial score (nSPS) is 21.8. The molecule has 2 aliphatic heterocycles. The van der Waals surface area contributed by atoms with E-state index in [2.05, 4.69) is 29.6 Å². The number of nitrogens with one attached hydrogen (secondary N) is 2. The molecule has 1 amide bonds. The van der Waals surface area contributed by atoms with Crippen molar-refractivity contribution >= 4 is 12.0 Å². The van der Waals surface area contributed by atoms with Crippen molar-refractivity contribution in [2.45, 2.75) is 19.0 Å². The minimum absolute atomic E-state index is 0.000430. The number of fused-ring (bicyclic) bond motifs is 1. The number of hydrogen-bond acceptors (Lipinski definition) is 2. The predicted octanol–water partition coefficient (Wildman–Crippen LogP) is 1.44. The lowest BCUT2D eigenvalue weighted by atomic mass is 10.1. The summed E-state index contributed by atoms with van der Waals surface area (Å²) >= 11 is 0. The van der Waals surface area contributed by atoms with Gasteiger partial charge < -0.3 is 15.0 Å². The molecule has 4 rings (SSSR count). The largest absolute Gasteiger partial charge is 0.488 e. The third kappa shape index (κ3) is 3.74. The second-order valence-corrected chi connectivity index (χ2v) is 6.82. The molecule has 0 spiro atoms. The van der Waals surface area contributed by atoms with Crippen molar-refractivity contribution in [3.05, 3.63) is 71.3 Å². The van der Waals surface area contributed by atoms with Crippen molar-refractivity contribution in [3.63, 3.8) is 0 Å². The second-order valence-electron chi connectivity index (χ2n) is 6.82. The van der Waals surface area contributed by atoms with E-state index in [1.807, 2.05) is 36.4 Å². The molecule has 1 unspecified atom stereocenters. The van der Waals surface area contributed by atoms with Crippen LogP contribution in [-0.2, 0) is 11.3 Å². The van der Waals surface area contributed by atoms with E-state index in [1.54, 1.807) is 0 Å². The zero-order valence-corrected chi connectivity index (χ0v) is 14.2. The number of ether oxygens (including phenoxy) is 1. The molecule has 2 heterocycles. The van der Waals surface area contributed by atoms with Crippen LogP contribution in [0.1, 0.15) is 17.5 Å². The minimum atomic E-state index is 0.000430. The number of likely N-dealkylation sites (tertiary alicyclic amines) is 1. The van der Waals surface area contributed by atoms with Crippen LogP contribution < -0.4 is 15.0 Å². The maximum Gasteiger partial charge on any atom is 0.251 e. The molecule has 0 saturated carbocycles. The van der Waals surface area contributed by atoms with Crippen LogP contribution in [0.4, 0.5) is 0 Å². The lowest BCUT2D eigenvalue weighted by Gasteiger charge is -2.19. The average Bonchev–Trinajstić information content (AvgIpc) is 3.09. The highest BCUT2D eigenvalue weighted by Crippen LogP contribution is 2.25. The maximum atomic E-state index is 12.6. The molecule has 1 saturated heterocycles. The molecule has 4 nitrogen and oxygen atoms in total. The fraction of sp³-hybridized carbons (Fsp3) is 0.286. The molecule has 2 aromatic carbocycles. The van der Waals surface area contributed by atoms with Crippen LogP contribution in [-0.4, -0.2) is 31.6 Å². The smallest absolute Gasteiger partial charge is 0.251 e. The summed E-state index contributed by atoms with van der Waals surface area (Å²) in [4.78, 5) is 14.1. The molecule has 4 heteroatoms. The molecule has 2 aliphatic rings. The quantitative estimate of drug-likeness (QED) is 0.888. The van der Waals surface area contributed by atoms with E-state index in [0.717, 1.165) is 37.4 Å². The Morgan fingerprint density at radius 2 is 1.92 bits per heavy atom. The molecule has 0 aliphatic carbocycles. The summed E-state index contributed by atoms with van der Waals surface area (Å²) < 4.78 is 5.69. The third-order valence-corrected chi connectivity index (χ3v) is 4.94. The fourth-order valence-electron chi connectivity index (χ4n) is 3.62. The van der Waals surface area contributed by atoms with Crippen LogP contribution in [0.15, 0.2) is 60.2 Å². The Labute approximate surface area is 148 Å². The van der Waals surface area contributed by atoms with E-state index in [-0.39, 0.29) is 11.9 Å². The van der Waals surface area contributed by atoms with Crippen LogP contribution in [0.25, 0.3) is 6.08 Å². The van der Waals surface area contributed by atoms with Crippen LogP contribution in [0.2, 0.25) is 0 Å². The van der Waals surface area contributed by atoms with Crippen molar-refractivity contribution < 1.29 is 14.4 Å². The van der Waals surface area contributed by atoms with Crippen LogP contribution >= 0.6 is 0 Å². The number of quaternary nitrogens is 1. The Balaban J connectivity index is 1.34. The molecule has 0 radical (unpaired) electrons. The average molecular weight is 335 g/mol. The van der Waals surface area contributed by atoms with Crippen LogP contribution in [0.5, 0.6) is 5.75 Å². The standard InChI is InChI=1S/C21H22N2O2/c24-21(18-12-17-8-4-5-9-20(17)25-15-18)22-19-10-11-23(14-19)13-16-6-2-1-3-7-16/h1-9,12,19H,10-11,13-15H2,(H,22,24)/p+1/t19-/m0/s1. The van der Waals surface area contributed by atoms with Gasteiger partial charge in [-0.05, 0) is 12.1 Å². The van der Waals surface area contributed by atoms with Gasteiger partial charge in [-0.15, -0.1) is 0 Å². The summed E-state index contributed by atoms with van der Waals surface area (Å²) in [6.07, 6.45) is 2.97. The highest BCUT2D eigenvalue weighted by Gasteiger charge is 2.28. The summed E-state index contributed by atoms with van der Waals surface area (Å²) in [7, 11) is 0. The van der Waals surface area contributed by atoms with Crippen molar-refractivity contribution in [2.75, 3.05) is 19.7 Å². The molecular formula is C21H23N2O2+. The molecule has 2 N–H and O–H groups in total. The summed E-state index contributed by atoms with van der Waals surface area (Å²) in [6.45, 7) is 3.44. The summed E-state index contributed by atoms with van der Waals surface area (Å²) in [6, 6.07) is 18.6. The Hall–Kier alpha value is -2.59. The van der Waals surface area contributed by atoms with Crippen LogP contribution in [0.3, 0.4) is 0 Å². The van der Waals surface area contributed by atoms with E-state index < -0.39 is 0 Å². The maximum absolute atomic E-state index is 12.6. The first-order valence-electron chi connectivity index (χ1n) is 8.89. The zero-order chi connectivity index (χ0) is 17.1. The van der Waals surface area contributed by atoms with E-state index >= 15 is 0 Å². The lowest BCUT2D eigenvalue weighted by Crippen LogP contribution is -3.09. The fourth-order valence-corrected chi connectivity index (χ4v) is 3.62. The highest BCUT2D eigenvalue weighted by atomic mass is 16.5. The van der Waals surface area contributed by atoms with Gasteiger partial charge in [-0.1, -0.05) is 48.5 Å². The summed E-state index contributed by atoms with van der Waals surface area (Å²) in [5.41, 5.74) is 3.03. The molecule has 2 aromatic rings. The van der Waals surface area contributed by atoms with Crippen LogP contribution in [0, 0.1) is 0 Å². The van der Waals surface area contributed by atoms with Gasteiger partial charge >= 0.3 is 0 Å². The summed E-state index contributed by atoms with van der Waals surface area (Å²) in [5, 5.41) is 3.19. The van der Waals surface area contributed by atoms with Gasteiger partial charge in [0.05, 0.1) is 24.7 Å². The van der Waals surface area contributed by atoms with E-state index in [1.165, 1.54) is 10.5 Å². The Bertz CT molecular complexity index is 785.